The van der Waals surface area contributed by atoms with Crippen LogP contribution in [0.2, 0.25) is 0 Å². The molecule has 2 fully saturated rings. The molecule has 2 aliphatic rings. The van der Waals surface area contributed by atoms with E-state index in [1.807, 2.05) is 0 Å². The molecule has 1 aliphatic heterocycles. The van der Waals surface area contributed by atoms with Crippen molar-refractivity contribution in [1.82, 2.24) is 10.2 Å². The lowest BCUT2D eigenvalue weighted by atomic mass is 9.88. The van der Waals surface area contributed by atoms with Crippen molar-refractivity contribution in [1.29, 1.82) is 0 Å². The van der Waals surface area contributed by atoms with Gasteiger partial charge < -0.3 is 5.32 Å². The second-order valence-electron chi connectivity index (χ2n) is 6.95. The van der Waals surface area contributed by atoms with Crippen molar-refractivity contribution >= 4 is 0 Å². The van der Waals surface area contributed by atoms with Crippen molar-refractivity contribution < 1.29 is 0 Å². The topological polar surface area (TPSA) is 15.3 Å². The molecule has 0 bridgehead atoms. The Labute approximate surface area is 123 Å². The lowest BCUT2D eigenvalue weighted by molar-refractivity contribution is 0.0818. The number of hydrogen-bond acceptors (Lipinski definition) is 2. The first-order valence-electron chi connectivity index (χ1n) is 8.20. The van der Waals surface area contributed by atoms with Crippen LogP contribution in [-0.4, -0.2) is 30.1 Å². The maximum Gasteiger partial charge on any atom is 0.0535 e. The van der Waals surface area contributed by atoms with Crippen LogP contribution in [0.15, 0.2) is 30.3 Å². The van der Waals surface area contributed by atoms with Gasteiger partial charge in [0.25, 0.3) is 0 Å². The fraction of sp³-hybridized carbons (Fsp3) is 0.667. The minimum absolute atomic E-state index is 0.104. The predicted octanol–water partition coefficient (Wildman–Crippen LogP) is 3.38. The number of nitrogens with zero attached hydrogens (tertiary/aromatic N) is 1. The average molecular weight is 272 g/mol. The van der Waals surface area contributed by atoms with Gasteiger partial charge in [-0.15, -0.1) is 0 Å². The lowest BCUT2D eigenvalue weighted by Crippen LogP contribution is -2.61. The largest absolute Gasteiger partial charge is 0.305 e. The third-order valence-electron chi connectivity index (χ3n) is 5.23. The smallest absolute Gasteiger partial charge is 0.0535 e. The maximum atomic E-state index is 3.78. The molecule has 0 radical (unpaired) electrons. The lowest BCUT2D eigenvalue weighted by Gasteiger charge is -2.46. The summed E-state index contributed by atoms with van der Waals surface area (Å²) in [7, 11) is 0. The highest BCUT2D eigenvalue weighted by Gasteiger charge is 2.47. The van der Waals surface area contributed by atoms with Gasteiger partial charge in [0.1, 0.15) is 0 Å². The Morgan fingerprint density at radius 2 is 2.05 bits per heavy atom. The minimum atomic E-state index is 0.104. The normalized spacial score (nSPS) is 37.9. The minimum Gasteiger partial charge on any atom is -0.305 e. The molecule has 20 heavy (non-hydrogen) atoms. The third kappa shape index (κ3) is 2.64. The first-order chi connectivity index (χ1) is 9.64. The van der Waals surface area contributed by atoms with Crippen LogP contribution in [0.3, 0.4) is 0 Å². The molecule has 2 nitrogen and oxygen atoms in total. The second kappa shape index (κ2) is 5.50. The van der Waals surface area contributed by atoms with Gasteiger partial charge in [-0.1, -0.05) is 43.7 Å². The molecular formula is C18H28N2. The monoisotopic (exact) mass is 272 g/mol. The second-order valence-corrected chi connectivity index (χ2v) is 6.95. The summed E-state index contributed by atoms with van der Waals surface area (Å²) < 4.78 is 0. The van der Waals surface area contributed by atoms with E-state index in [1.54, 1.807) is 0 Å². The molecule has 0 amide bonds. The van der Waals surface area contributed by atoms with Gasteiger partial charge >= 0.3 is 0 Å². The fourth-order valence-electron chi connectivity index (χ4n) is 3.83. The molecule has 4 unspecified atom stereocenters. The summed E-state index contributed by atoms with van der Waals surface area (Å²) in [5.74, 6) is 0.959. The zero-order chi connectivity index (χ0) is 14.2. The van der Waals surface area contributed by atoms with Crippen molar-refractivity contribution in [3.63, 3.8) is 0 Å². The summed E-state index contributed by atoms with van der Waals surface area (Å²) in [4.78, 5) is 2.77. The summed E-state index contributed by atoms with van der Waals surface area (Å²) in [5, 5.41) is 3.78. The zero-order valence-electron chi connectivity index (χ0n) is 13.1. The quantitative estimate of drug-likeness (QED) is 0.904. The summed E-state index contributed by atoms with van der Waals surface area (Å²) >= 11 is 0. The van der Waals surface area contributed by atoms with Crippen LogP contribution in [0.4, 0.5) is 0 Å². The number of piperazine rings is 1. The first kappa shape index (κ1) is 14.1. The summed E-state index contributed by atoms with van der Waals surface area (Å²) in [6.07, 6.45) is 4.16. The molecule has 3 rings (SSSR count). The highest BCUT2D eigenvalue weighted by molar-refractivity contribution is 5.25. The van der Waals surface area contributed by atoms with Crippen LogP contribution in [-0.2, 0) is 5.54 Å². The fourth-order valence-corrected chi connectivity index (χ4v) is 3.83. The van der Waals surface area contributed by atoms with E-state index in [1.165, 1.54) is 24.8 Å². The van der Waals surface area contributed by atoms with Gasteiger partial charge in [0.05, 0.1) is 5.54 Å². The molecule has 1 saturated heterocycles. The molecular weight excluding hydrogens is 244 g/mol. The highest BCUT2D eigenvalue weighted by atomic mass is 15.3. The maximum absolute atomic E-state index is 3.78. The van der Waals surface area contributed by atoms with E-state index < -0.39 is 0 Å². The molecule has 1 aromatic rings. The van der Waals surface area contributed by atoms with Crippen molar-refractivity contribution in [2.75, 3.05) is 13.1 Å². The third-order valence-corrected chi connectivity index (χ3v) is 5.23. The average Bonchev–Trinajstić information content (AvgIpc) is 3.22. The van der Waals surface area contributed by atoms with Crippen molar-refractivity contribution in [2.24, 2.45) is 5.92 Å². The SMILES string of the molecule is CCCC1CC1N1CC(C)(c2ccccc2)NCC1C. The molecule has 1 saturated carbocycles. The van der Waals surface area contributed by atoms with Gasteiger partial charge in [-0.2, -0.15) is 0 Å². The van der Waals surface area contributed by atoms with E-state index >= 15 is 0 Å². The van der Waals surface area contributed by atoms with Crippen LogP contribution in [0.1, 0.15) is 45.6 Å². The van der Waals surface area contributed by atoms with Gasteiger partial charge in [0.15, 0.2) is 0 Å². The Bertz CT molecular complexity index is 444. The Balaban J connectivity index is 1.73. The van der Waals surface area contributed by atoms with E-state index in [0.29, 0.717) is 6.04 Å². The Morgan fingerprint density at radius 1 is 1.30 bits per heavy atom. The van der Waals surface area contributed by atoms with Crippen LogP contribution in [0.5, 0.6) is 0 Å². The summed E-state index contributed by atoms with van der Waals surface area (Å²) in [6.45, 7) is 9.28. The molecule has 2 heteroatoms. The first-order valence-corrected chi connectivity index (χ1v) is 8.20. The standard InChI is InChI=1S/C18H28N2/c1-4-8-15-11-17(15)20-13-18(3,19-12-14(20)2)16-9-6-5-7-10-16/h5-7,9-10,14-15,17,19H,4,8,11-13H2,1-3H3. The number of rotatable bonds is 4. The Hall–Kier alpha value is -0.860. The van der Waals surface area contributed by atoms with Crippen LogP contribution in [0, 0.1) is 5.92 Å². The number of hydrogen-bond donors (Lipinski definition) is 1. The van der Waals surface area contributed by atoms with E-state index in [2.05, 4.69) is 61.3 Å². The summed E-state index contributed by atoms with van der Waals surface area (Å²) in [5.41, 5.74) is 1.53. The van der Waals surface area contributed by atoms with Gasteiger partial charge in [0.2, 0.25) is 0 Å². The molecule has 0 aromatic heterocycles. The molecule has 110 valence electrons. The van der Waals surface area contributed by atoms with Gasteiger partial charge in [-0.05, 0) is 38.2 Å². The van der Waals surface area contributed by atoms with E-state index in [9.17, 15) is 0 Å². The molecule has 0 spiro atoms. The van der Waals surface area contributed by atoms with Crippen LogP contribution >= 0.6 is 0 Å². The van der Waals surface area contributed by atoms with Crippen LogP contribution < -0.4 is 5.32 Å². The van der Waals surface area contributed by atoms with Gasteiger partial charge in [-0.25, -0.2) is 0 Å². The molecule has 1 N–H and O–H groups in total. The van der Waals surface area contributed by atoms with Crippen molar-refractivity contribution in [2.45, 2.75) is 57.7 Å². The van der Waals surface area contributed by atoms with Gasteiger partial charge in [0, 0.05) is 25.2 Å². The number of benzene rings is 1. The molecule has 1 heterocycles. The van der Waals surface area contributed by atoms with Crippen molar-refractivity contribution in [3.8, 4) is 0 Å². The zero-order valence-corrected chi connectivity index (χ0v) is 13.1. The highest BCUT2D eigenvalue weighted by Crippen LogP contribution is 2.42. The van der Waals surface area contributed by atoms with E-state index in [4.69, 9.17) is 0 Å². The molecule has 4 atom stereocenters. The van der Waals surface area contributed by atoms with Gasteiger partial charge in [-0.3, -0.25) is 4.90 Å². The van der Waals surface area contributed by atoms with Crippen molar-refractivity contribution in [3.05, 3.63) is 35.9 Å². The van der Waals surface area contributed by atoms with Crippen LogP contribution in [0.25, 0.3) is 0 Å². The molecule has 1 aromatic carbocycles. The molecule has 1 aliphatic carbocycles. The van der Waals surface area contributed by atoms with E-state index in [-0.39, 0.29) is 5.54 Å². The summed E-state index contributed by atoms with van der Waals surface area (Å²) in [6, 6.07) is 12.4. The van der Waals surface area contributed by atoms with E-state index in [0.717, 1.165) is 25.0 Å². The predicted molar refractivity (Wildman–Crippen MR) is 84.8 cm³/mol. The Kier molecular flexibility index (Phi) is 3.87. The number of nitrogens with one attached hydrogen (secondary N) is 1. The Morgan fingerprint density at radius 3 is 2.75 bits per heavy atom.